The average Bonchev–Trinajstić information content (AvgIpc) is 2.67. The number of benzene rings is 2. The van der Waals surface area contributed by atoms with E-state index in [2.05, 4.69) is 0 Å². The third-order valence-corrected chi connectivity index (χ3v) is 5.26. The maximum Gasteiger partial charge on any atom is 0.306 e. The van der Waals surface area contributed by atoms with Crippen molar-refractivity contribution in [3.05, 3.63) is 53.6 Å². The number of aliphatic carboxylic acids is 1. The summed E-state index contributed by atoms with van der Waals surface area (Å²) in [7, 11) is 0. The highest BCUT2D eigenvalue weighted by Gasteiger charge is 2.33. The van der Waals surface area contributed by atoms with Crippen LogP contribution in [-0.4, -0.2) is 41.6 Å². The zero-order valence-corrected chi connectivity index (χ0v) is 15.9. The molecule has 2 aromatic carbocycles. The van der Waals surface area contributed by atoms with Crippen LogP contribution in [0.3, 0.4) is 0 Å². The van der Waals surface area contributed by atoms with E-state index in [1.807, 2.05) is 49.4 Å². The van der Waals surface area contributed by atoms with Gasteiger partial charge in [0.25, 0.3) is 5.91 Å². The van der Waals surface area contributed by atoms with Gasteiger partial charge >= 0.3 is 5.97 Å². The van der Waals surface area contributed by atoms with Gasteiger partial charge < -0.3 is 14.7 Å². The van der Waals surface area contributed by atoms with Crippen LogP contribution < -0.4 is 4.74 Å². The minimum atomic E-state index is -0.795. The number of carbonyl (C=O) groups is 2. The van der Waals surface area contributed by atoms with Gasteiger partial charge in [-0.1, -0.05) is 54.9 Å². The minimum absolute atomic E-state index is 0.0751. The first-order valence-corrected chi connectivity index (χ1v) is 9.32. The highest BCUT2D eigenvalue weighted by molar-refractivity contribution is 6.32. The smallest absolute Gasteiger partial charge is 0.306 e. The zero-order valence-electron chi connectivity index (χ0n) is 15.1. The van der Waals surface area contributed by atoms with Crippen LogP contribution in [0.5, 0.6) is 5.75 Å². The van der Waals surface area contributed by atoms with Crippen molar-refractivity contribution in [2.24, 2.45) is 11.8 Å². The van der Waals surface area contributed by atoms with Gasteiger partial charge in [0.1, 0.15) is 5.75 Å². The molecule has 1 amide bonds. The number of carboxylic acid groups (broad SMARTS) is 1. The summed E-state index contributed by atoms with van der Waals surface area (Å²) >= 11 is 6.31. The first kappa shape index (κ1) is 19.2. The van der Waals surface area contributed by atoms with Crippen molar-refractivity contribution in [3.63, 3.8) is 0 Å². The summed E-state index contributed by atoms with van der Waals surface area (Å²) in [5.41, 5.74) is 2.03. The number of nitrogens with zero attached hydrogens (tertiary/aromatic N) is 1. The molecule has 0 radical (unpaired) electrons. The van der Waals surface area contributed by atoms with E-state index in [1.165, 1.54) is 0 Å². The summed E-state index contributed by atoms with van der Waals surface area (Å²) in [6.45, 7) is 2.61. The maximum absolute atomic E-state index is 12.4. The fourth-order valence-electron chi connectivity index (χ4n) is 3.40. The van der Waals surface area contributed by atoms with Gasteiger partial charge in [-0.25, -0.2) is 0 Å². The number of piperidine rings is 1. The molecule has 1 fully saturated rings. The SMILES string of the molecule is CC1CN(C(=O)COc2ccc(-c3ccccc3)cc2Cl)CCC1C(=O)O. The lowest BCUT2D eigenvalue weighted by Gasteiger charge is -2.34. The van der Waals surface area contributed by atoms with Crippen molar-refractivity contribution in [3.8, 4) is 16.9 Å². The quantitative estimate of drug-likeness (QED) is 0.843. The summed E-state index contributed by atoms with van der Waals surface area (Å²) in [5.74, 6) is -0.966. The molecule has 0 saturated carbocycles. The molecular weight excluding hydrogens is 366 g/mol. The fraction of sp³-hybridized carbons (Fsp3) is 0.333. The number of halogens is 1. The van der Waals surface area contributed by atoms with Gasteiger partial charge in [-0.15, -0.1) is 0 Å². The Morgan fingerprint density at radius 3 is 2.56 bits per heavy atom. The molecule has 1 N–H and O–H groups in total. The Hall–Kier alpha value is -2.53. The van der Waals surface area contributed by atoms with Gasteiger partial charge in [-0.05, 0) is 35.6 Å². The van der Waals surface area contributed by atoms with Crippen molar-refractivity contribution in [1.82, 2.24) is 4.90 Å². The number of carbonyl (C=O) groups excluding carboxylic acids is 1. The Morgan fingerprint density at radius 2 is 1.93 bits per heavy atom. The highest BCUT2D eigenvalue weighted by atomic mass is 35.5. The Balaban J connectivity index is 1.59. The maximum atomic E-state index is 12.4. The second kappa shape index (κ2) is 8.44. The van der Waals surface area contributed by atoms with Crippen molar-refractivity contribution in [1.29, 1.82) is 0 Å². The molecule has 0 aromatic heterocycles. The van der Waals surface area contributed by atoms with Crippen LogP contribution in [0.2, 0.25) is 5.02 Å². The molecule has 27 heavy (non-hydrogen) atoms. The topological polar surface area (TPSA) is 66.8 Å². The summed E-state index contributed by atoms with van der Waals surface area (Å²) in [6.07, 6.45) is 0.467. The third kappa shape index (κ3) is 4.61. The van der Waals surface area contributed by atoms with Crippen LogP contribution >= 0.6 is 11.6 Å². The lowest BCUT2D eigenvalue weighted by Crippen LogP contribution is -2.46. The lowest BCUT2D eigenvalue weighted by molar-refractivity contribution is -0.148. The molecule has 1 aliphatic rings. The van der Waals surface area contributed by atoms with Crippen LogP contribution in [0.1, 0.15) is 13.3 Å². The molecule has 142 valence electrons. The molecule has 0 spiro atoms. The number of likely N-dealkylation sites (tertiary alicyclic amines) is 1. The Kier molecular flexibility index (Phi) is 6.01. The van der Waals surface area contributed by atoms with E-state index in [0.29, 0.717) is 30.3 Å². The number of rotatable bonds is 5. The lowest BCUT2D eigenvalue weighted by atomic mass is 9.87. The molecule has 6 heteroatoms. The average molecular weight is 388 g/mol. The Morgan fingerprint density at radius 1 is 1.19 bits per heavy atom. The van der Waals surface area contributed by atoms with Gasteiger partial charge in [0.2, 0.25) is 0 Å². The molecule has 2 atom stereocenters. The Bertz CT molecular complexity index is 824. The first-order chi connectivity index (χ1) is 13.0. The van der Waals surface area contributed by atoms with Crippen molar-refractivity contribution in [2.75, 3.05) is 19.7 Å². The van der Waals surface area contributed by atoms with Crippen molar-refractivity contribution in [2.45, 2.75) is 13.3 Å². The van der Waals surface area contributed by atoms with Crippen molar-refractivity contribution >= 4 is 23.5 Å². The minimum Gasteiger partial charge on any atom is -0.482 e. The predicted octanol–water partition coefficient (Wildman–Crippen LogP) is 3.96. The van der Waals surface area contributed by atoms with Gasteiger partial charge in [-0.2, -0.15) is 0 Å². The van der Waals surface area contributed by atoms with Crippen LogP contribution in [0, 0.1) is 11.8 Å². The van der Waals surface area contributed by atoms with E-state index in [4.69, 9.17) is 16.3 Å². The normalized spacial score (nSPS) is 19.6. The first-order valence-electron chi connectivity index (χ1n) is 8.94. The largest absolute Gasteiger partial charge is 0.482 e. The van der Waals surface area contributed by atoms with E-state index in [1.54, 1.807) is 11.0 Å². The van der Waals surface area contributed by atoms with E-state index in [9.17, 15) is 14.7 Å². The highest BCUT2D eigenvalue weighted by Crippen LogP contribution is 2.30. The molecular formula is C21H22ClNO4. The molecule has 5 nitrogen and oxygen atoms in total. The number of hydrogen-bond donors (Lipinski definition) is 1. The third-order valence-electron chi connectivity index (χ3n) is 4.97. The van der Waals surface area contributed by atoms with E-state index in [0.717, 1.165) is 11.1 Å². The molecule has 1 saturated heterocycles. The summed E-state index contributed by atoms with van der Waals surface area (Å²) in [4.78, 5) is 25.2. The van der Waals surface area contributed by atoms with E-state index >= 15 is 0 Å². The standard InChI is InChI=1S/C21H22ClNO4/c1-14-12-23(10-9-17(14)21(25)26)20(24)13-27-19-8-7-16(11-18(19)22)15-5-3-2-4-6-15/h2-8,11,14,17H,9-10,12-13H2,1H3,(H,25,26). The number of amides is 1. The van der Waals surface area contributed by atoms with Crippen LogP contribution in [0.15, 0.2) is 48.5 Å². The predicted molar refractivity (Wildman–Crippen MR) is 104 cm³/mol. The van der Waals surface area contributed by atoms with E-state index < -0.39 is 11.9 Å². The molecule has 0 aliphatic carbocycles. The second-order valence-electron chi connectivity index (χ2n) is 6.85. The van der Waals surface area contributed by atoms with Gasteiger partial charge in [-0.3, -0.25) is 9.59 Å². The van der Waals surface area contributed by atoms with Crippen LogP contribution in [-0.2, 0) is 9.59 Å². The van der Waals surface area contributed by atoms with Gasteiger partial charge in [0.05, 0.1) is 10.9 Å². The van der Waals surface area contributed by atoms with Gasteiger partial charge in [0, 0.05) is 13.1 Å². The second-order valence-corrected chi connectivity index (χ2v) is 7.26. The fourth-order valence-corrected chi connectivity index (χ4v) is 3.63. The molecule has 1 heterocycles. The van der Waals surface area contributed by atoms with Crippen LogP contribution in [0.4, 0.5) is 0 Å². The summed E-state index contributed by atoms with van der Waals surface area (Å²) < 4.78 is 5.61. The molecule has 2 aromatic rings. The van der Waals surface area contributed by atoms with E-state index in [-0.39, 0.29) is 18.4 Å². The number of hydrogen-bond acceptors (Lipinski definition) is 3. The van der Waals surface area contributed by atoms with Crippen molar-refractivity contribution < 1.29 is 19.4 Å². The number of ether oxygens (including phenoxy) is 1. The van der Waals surface area contributed by atoms with Gasteiger partial charge in [0.15, 0.2) is 6.61 Å². The van der Waals surface area contributed by atoms with Crippen LogP contribution in [0.25, 0.3) is 11.1 Å². The zero-order chi connectivity index (χ0) is 19.4. The summed E-state index contributed by atoms with van der Waals surface area (Å²) in [5, 5.41) is 9.62. The molecule has 1 aliphatic heterocycles. The monoisotopic (exact) mass is 387 g/mol. The molecule has 3 rings (SSSR count). The Labute approximate surface area is 163 Å². The number of carboxylic acids is 1. The molecule has 0 bridgehead atoms. The summed E-state index contributed by atoms with van der Waals surface area (Å²) in [6, 6.07) is 15.3. The molecule has 2 unspecified atom stereocenters.